The number of carbonyl (C=O) groups excluding carboxylic acids is 1. The second-order valence-corrected chi connectivity index (χ2v) is 7.80. The van der Waals surface area contributed by atoms with Crippen LogP contribution in [0.3, 0.4) is 0 Å². The highest BCUT2D eigenvalue weighted by Gasteiger charge is 2.23. The Morgan fingerprint density at radius 1 is 1.14 bits per heavy atom. The fraction of sp³-hybridized carbons (Fsp3) is 0.261. The van der Waals surface area contributed by atoms with E-state index in [2.05, 4.69) is 18.3 Å². The Morgan fingerprint density at radius 3 is 2.55 bits per heavy atom. The van der Waals surface area contributed by atoms with Crippen molar-refractivity contribution in [1.82, 2.24) is 24.6 Å². The van der Waals surface area contributed by atoms with E-state index in [1.54, 1.807) is 0 Å². The minimum absolute atomic E-state index is 0.00593. The van der Waals surface area contributed by atoms with Gasteiger partial charge in [0, 0.05) is 29.7 Å². The molecule has 0 unspecified atom stereocenters. The van der Waals surface area contributed by atoms with Crippen LogP contribution < -0.4 is 5.32 Å². The lowest BCUT2D eigenvalue weighted by Crippen LogP contribution is -2.25. The van der Waals surface area contributed by atoms with E-state index in [1.165, 1.54) is 0 Å². The van der Waals surface area contributed by atoms with Crippen molar-refractivity contribution in [2.45, 2.75) is 39.3 Å². The second-order valence-electron chi connectivity index (χ2n) is 7.80. The van der Waals surface area contributed by atoms with Gasteiger partial charge in [-0.25, -0.2) is 9.67 Å². The lowest BCUT2D eigenvalue weighted by molar-refractivity contribution is 0.0951. The third kappa shape index (κ3) is 3.42. The molecule has 1 amide bonds. The van der Waals surface area contributed by atoms with Crippen molar-refractivity contribution in [3.05, 3.63) is 77.2 Å². The van der Waals surface area contributed by atoms with Crippen molar-refractivity contribution in [3.63, 3.8) is 0 Å². The van der Waals surface area contributed by atoms with E-state index in [-0.39, 0.29) is 5.91 Å². The first kappa shape index (κ1) is 17.7. The predicted molar refractivity (Wildman–Crippen MR) is 112 cm³/mol. The number of pyridine rings is 1. The van der Waals surface area contributed by atoms with Gasteiger partial charge in [0.2, 0.25) is 0 Å². The summed E-state index contributed by atoms with van der Waals surface area (Å²) in [6, 6.07) is 14.2. The van der Waals surface area contributed by atoms with Gasteiger partial charge in [-0.2, -0.15) is 5.10 Å². The lowest BCUT2D eigenvalue weighted by atomic mass is 10.1. The van der Waals surface area contributed by atoms with Crippen LogP contribution in [-0.4, -0.2) is 31.3 Å². The maximum absolute atomic E-state index is 12.2. The molecule has 0 aliphatic heterocycles. The molecule has 3 aromatic heterocycles. The lowest BCUT2D eigenvalue weighted by Gasteiger charge is -2.07. The number of benzene rings is 1. The summed E-state index contributed by atoms with van der Waals surface area (Å²) in [5, 5.41) is 8.96. The Morgan fingerprint density at radius 2 is 1.86 bits per heavy atom. The fourth-order valence-corrected chi connectivity index (χ4v) is 3.69. The van der Waals surface area contributed by atoms with Crippen LogP contribution in [0.15, 0.2) is 54.9 Å². The number of aryl methyl sites for hydroxylation is 2. The maximum atomic E-state index is 12.2. The van der Waals surface area contributed by atoms with E-state index in [0.717, 1.165) is 46.5 Å². The normalized spacial score (nSPS) is 13.7. The Bertz CT molecular complexity index is 1180. The summed E-state index contributed by atoms with van der Waals surface area (Å²) < 4.78 is 3.97. The number of nitrogens with one attached hydrogen (secondary N) is 1. The zero-order chi connectivity index (χ0) is 20.0. The smallest absolute Gasteiger partial charge is 0.251 e. The minimum atomic E-state index is 0.00593. The van der Waals surface area contributed by atoms with Crippen LogP contribution in [0.5, 0.6) is 0 Å². The van der Waals surface area contributed by atoms with Crippen molar-refractivity contribution < 1.29 is 4.79 Å². The second kappa shape index (κ2) is 6.88. The molecule has 0 saturated heterocycles. The van der Waals surface area contributed by atoms with Crippen molar-refractivity contribution in [3.8, 4) is 5.82 Å². The monoisotopic (exact) mass is 385 g/mol. The van der Waals surface area contributed by atoms with Crippen molar-refractivity contribution in [1.29, 1.82) is 0 Å². The van der Waals surface area contributed by atoms with Crippen LogP contribution in [0.2, 0.25) is 0 Å². The van der Waals surface area contributed by atoms with Gasteiger partial charge in [-0.05, 0) is 68.1 Å². The highest BCUT2D eigenvalue weighted by atomic mass is 16.1. The fourth-order valence-electron chi connectivity index (χ4n) is 3.69. The molecule has 1 aliphatic rings. The molecule has 1 saturated carbocycles. The molecule has 5 rings (SSSR count). The number of carbonyl (C=O) groups is 1. The van der Waals surface area contributed by atoms with Gasteiger partial charge in [0.15, 0.2) is 11.5 Å². The van der Waals surface area contributed by atoms with Crippen LogP contribution in [0.25, 0.3) is 16.9 Å². The molecule has 0 spiro atoms. The van der Waals surface area contributed by atoms with Crippen LogP contribution in [0, 0.1) is 13.8 Å². The average molecular weight is 385 g/mol. The molecular formula is C23H23N5O. The van der Waals surface area contributed by atoms with Crippen molar-refractivity contribution >= 4 is 16.9 Å². The van der Waals surface area contributed by atoms with Gasteiger partial charge in [-0.3, -0.25) is 4.79 Å². The van der Waals surface area contributed by atoms with Gasteiger partial charge in [0.1, 0.15) is 0 Å². The SMILES string of the molecule is Cc1cc(C)c2c(-n3cccc3)nn(Cc3ccc(C(=O)NC4CC4)cc3)c2n1. The first-order valence-corrected chi connectivity index (χ1v) is 9.96. The molecule has 1 aromatic carbocycles. The third-order valence-corrected chi connectivity index (χ3v) is 5.32. The molecule has 6 nitrogen and oxygen atoms in total. The summed E-state index contributed by atoms with van der Waals surface area (Å²) in [6.07, 6.45) is 6.18. The van der Waals surface area contributed by atoms with E-state index in [1.807, 2.05) is 65.0 Å². The molecule has 146 valence electrons. The average Bonchev–Trinajstić information content (AvgIpc) is 3.21. The molecule has 29 heavy (non-hydrogen) atoms. The summed E-state index contributed by atoms with van der Waals surface area (Å²) in [5.41, 5.74) is 4.79. The van der Waals surface area contributed by atoms with Gasteiger partial charge in [0.05, 0.1) is 11.9 Å². The van der Waals surface area contributed by atoms with Crippen LogP contribution in [-0.2, 0) is 6.54 Å². The quantitative estimate of drug-likeness (QED) is 0.569. The number of rotatable bonds is 5. The number of aromatic nitrogens is 4. The van der Waals surface area contributed by atoms with Gasteiger partial charge in [0.25, 0.3) is 5.91 Å². The highest BCUT2D eigenvalue weighted by Crippen LogP contribution is 2.26. The molecule has 0 radical (unpaired) electrons. The van der Waals surface area contributed by atoms with E-state index in [9.17, 15) is 4.79 Å². The molecule has 1 fully saturated rings. The number of hydrogen-bond acceptors (Lipinski definition) is 3. The molecule has 3 heterocycles. The van der Waals surface area contributed by atoms with E-state index in [0.29, 0.717) is 18.2 Å². The first-order chi connectivity index (χ1) is 14.1. The number of nitrogens with zero attached hydrogens (tertiary/aromatic N) is 4. The zero-order valence-corrected chi connectivity index (χ0v) is 16.6. The van der Waals surface area contributed by atoms with Gasteiger partial charge < -0.3 is 9.88 Å². The van der Waals surface area contributed by atoms with E-state index < -0.39 is 0 Å². The van der Waals surface area contributed by atoms with Gasteiger partial charge in [-0.1, -0.05) is 12.1 Å². The largest absolute Gasteiger partial charge is 0.349 e. The molecule has 0 atom stereocenters. The van der Waals surface area contributed by atoms with Crippen LogP contribution in [0.4, 0.5) is 0 Å². The summed E-state index contributed by atoms with van der Waals surface area (Å²) in [5.74, 6) is 0.891. The van der Waals surface area contributed by atoms with E-state index in [4.69, 9.17) is 10.1 Å². The standard InChI is InChI=1S/C23H23N5O/c1-15-13-16(2)24-21-20(15)22(27-11-3-4-12-27)26-28(21)14-17-5-7-18(8-6-17)23(29)25-19-9-10-19/h3-8,11-13,19H,9-10,14H2,1-2H3,(H,25,29). The van der Waals surface area contributed by atoms with Gasteiger partial charge >= 0.3 is 0 Å². The molecule has 6 heteroatoms. The predicted octanol–water partition coefficient (Wildman–Crippen LogP) is 3.78. The van der Waals surface area contributed by atoms with E-state index >= 15 is 0 Å². The van der Waals surface area contributed by atoms with Crippen LogP contribution >= 0.6 is 0 Å². The Balaban J connectivity index is 1.49. The minimum Gasteiger partial charge on any atom is -0.349 e. The van der Waals surface area contributed by atoms with Gasteiger partial charge in [-0.15, -0.1) is 0 Å². The maximum Gasteiger partial charge on any atom is 0.251 e. The highest BCUT2D eigenvalue weighted by molar-refractivity contribution is 5.94. The Kier molecular flexibility index (Phi) is 4.19. The molecule has 0 bridgehead atoms. The number of fused-ring (bicyclic) bond motifs is 1. The Labute approximate surface area is 169 Å². The third-order valence-electron chi connectivity index (χ3n) is 5.32. The molecule has 1 N–H and O–H groups in total. The van der Waals surface area contributed by atoms with Crippen LogP contribution in [0.1, 0.15) is 40.0 Å². The van der Waals surface area contributed by atoms with Crippen molar-refractivity contribution in [2.75, 3.05) is 0 Å². The molecular weight excluding hydrogens is 362 g/mol. The number of hydrogen-bond donors (Lipinski definition) is 1. The molecule has 1 aliphatic carbocycles. The number of amides is 1. The molecule has 4 aromatic rings. The van der Waals surface area contributed by atoms with Crippen molar-refractivity contribution in [2.24, 2.45) is 0 Å². The summed E-state index contributed by atoms with van der Waals surface area (Å²) in [6.45, 7) is 4.70. The summed E-state index contributed by atoms with van der Waals surface area (Å²) >= 11 is 0. The summed E-state index contributed by atoms with van der Waals surface area (Å²) in [4.78, 5) is 17.0. The first-order valence-electron chi connectivity index (χ1n) is 9.96. The Hall–Kier alpha value is -3.41. The topological polar surface area (TPSA) is 64.7 Å². The summed E-state index contributed by atoms with van der Waals surface area (Å²) in [7, 11) is 0. The zero-order valence-electron chi connectivity index (χ0n) is 16.6.